The molecule has 1 aromatic carbocycles. The van der Waals surface area contributed by atoms with Crippen molar-refractivity contribution in [3.05, 3.63) is 66.0 Å². The van der Waals surface area contributed by atoms with E-state index in [0.29, 0.717) is 0 Å². The van der Waals surface area contributed by atoms with Crippen molar-refractivity contribution in [2.45, 2.75) is 51.4 Å². The maximum Gasteiger partial charge on any atom is 0.0270 e. The number of unbranched alkanes of at least 4 members (excludes halogenated alkanes) is 5. The normalized spacial score (nSPS) is 10.6. The van der Waals surface area contributed by atoms with Gasteiger partial charge in [0, 0.05) is 12.4 Å². The molecule has 0 atom stereocenters. The van der Waals surface area contributed by atoms with Gasteiger partial charge in [0.25, 0.3) is 0 Å². The second-order valence-electron chi connectivity index (χ2n) is 5.46. The van der Waals surface area contributed by atoms with Gasteiger partial charge >= 0.3 is 0 Å². The van der Waals surface area contributed by atoms with Gasteiger partial charge in [-0.1, -0.05) is 56.0 Å². The first-order valence-electron chi connectivity index (χ1n) is 7.88. The maximum absolute atomic E-state index is 4.05. The zero-order valence-corrected chi connectivity index (χ0v) is 12.3. The lowest BCUT2D eigenvalue weighted by atomic mass is 10.0. The van der Waals surface area contributed by atoms with Gasteiger partial charge in [-0.2, -0.15) is 0 Å². The van der Waals surface area contributed by atoms with Crippen LogP contribution in [0.1, 0.15) is 49.7 Å². The summed E-state index contributed by atoms with van der Waals surface area (Å²) in [6.45, 7) is 0. The Kier molecular flexibility index (Phi) is 6.87. The van der Waals surface area contributed by atoms with E-state index in [1.54, 1.807) is 0 Å². The average molecular weight is 267 g/mol. The highest BCUT2D eigenvalue weighted by Crippen LogP contribution is 2.11. The van der Waals surface area contributed by atoms with Gasteiger partial charge < -0.3 is 0 Å². The Hall–Kier alpha value is -1.63. The van der Waals surface area contributed by atoms with Crippen molar-refractivity contribution in [1.29, 1.82) is 0 Å². The molecule has 0 bridgehead atoms. The molecule has 0 radical (unpaired) electrons. The molecule has 0 saturated carbocycles. The second-order valence-corrected chi connectivity index (χ2v) is 5.46. The lowest BCUT2D eigenvalue weighted by Gasteiger charge is -2.03. The van der Waals surface area contributed by atoms with Crippen molar-refractivity contribution in [3.63, 3.8) is 0 Å². The Bertz CT molecular complexity index is 404. The van der Waals surface area contributed by atoms with Crippen LogP contribution in [0.3, 0.4) is 0 Å². The molecular formula is C19H25N. The molecule has 1 nitrogen and oxygen atoms in total. The quantitative estimate of drug-likeness (QED) is 0.568. The molecule has 0 aliphatic rings. The van der Waals surface area contributed by atoms with E-state index in [4.69, 9.17) is 0 Å². The molecule has 0 fully saturated rings. The smallest absolute Gasteiger partial charge is 0.0270 e. The van der Waals surface area contributed by atoms with Crippen molar-refractivity contribution in [2.24, 2.45) is 0 Å². The van der Waals surface area contributed by atoms with Crippen LogP contribution in [0.25, 0.3) is 0 Å². The highest BCUT2D eigenvalue weighted by atomic mass is 14.6. The third-order valence-electron chi connectivity index (χ3n) is 3.77. The molecule has 0 N–H and O–H groups in total. The number of hydrogen-bond acceptors (Lipinski definition) is 1. The van der Waals surface area contributed by atoms with Crippen molar-refractivity contribution in [2.75, 3.05) is 0 Å². The van der Waals surface area contributed by atoms with E-state index in [-0.39, 0.29) is 0 Å². The van der Waals surface area contributed by atoms with Gasteiger partial charge in [-0.15, -0.1) is 0 Å². The molecule has 1 heteroatoms. The zero-order chi connectivity index (χ0) is 13.9. The molecule has 2 aromatic rings. The molecule has 0 saturated heterocycles. The first-order chi connectivity index (χ1) is 9.95. The summed E-state index contributed by atoms with van der Waals surface area (Å²) in [5.41, 5.74) is 2.90. The standard InChI is InChI=1S/C19H25N/c1(3-6-10-18-11-8-5-9-12-18)2-4-7-13-19-14-16-20-17-15-19/h5,8-9,11-12,14-17H,1-4,6-7,10,13H2. The molecule has 0 aliphatic heterocycles. The topological polar surface area (TPSA) is 12.9 Å². The number of hydrogen-bond donors (Lipinski definition) is 0. The molecule has 0 amide bonds. The van der Waals surface area contributed by atoms with Gasteiger partial charge in [0.1, 0.15) is 0 Å². The molecule has 2 rings (SSSR count). The fourth-order valence-corrected chi connectivity index (χ4v) is 2.56. The van der Waals surface area contributed by atoms with Crippen LogP contribution in [0.2, 0.25) is 0 Å². The second kappa shape index (κ2) is 9.30. The largest absolute Gasteiger partial charge is 0.265 e. The predicted molar refractivity (Wildman–Crippen MR) is 85.8 cm³/mol. The number of aromatic nitrogens is 1. The SMILES string of the molecule is c1ccc(CCCCCCCCc2ccncc2)cc1. The Balaban J connectivity index is 1.44. The van der Waals surface area contributed by atoms with Crippen LogP contribution >= 0.6 is 0 Å². The number of aryl methyl sites for hydroxylation is 2. The minimum absolute atomic E-state index is 1.20. The molecular weight excluding hydrogens is 242 g/mol. The third-order valence-corrected chi connectivity index (χ3v) is 3.77. The van der Waals surface area contributed by atoms with Crippen LogP contribution in [0.4, 0.5) is 0 Å². The van der Waals surface area contributed by atoms with Gasteiger partial charge in [0.05, 0.1) is 0 Å². The van der Waals surface area contributed by atoms with Crippen LogP contribution in [0, 0.1) is 0 Å². The molecule has 0 unspecified atom stereocenters. The summed E-state index contributed by atoms with van der Waals surface area (Å²) in [5, 5.41) is 0. The van der Waals surface area contributed by atoms with E-state index >= 15 is 0 Å². The lowest BCUT2D eigenvalue weighted by Crippen LogP contribution is -1.88. The Morgan fingerprint density at radius 1 is 0.550 bits per heavy atom. The van der Waals surface area contributed by atoms with Crippen molar-refractivity contribution < 1.29 is 0 Å². The van der Waals surface area contributed by atoms with E-state index in [0.717, 1.165) is 0 Å². The van der Waals surface area contributed by atoms with Gasteiger partial charge in [0.15, 0.2) is 0 Å². The molecule has 20 heavy (non-hydrogen) atoms. The van der Waals surface area contributed by atoms with Crippen LogP contribution in [-0.2, 0) is 12.8 Å². The summed E-state index contributed by atoms with van der Waals surface area (Å²) < 4.78 is 0. The number of pyridine rings is 1. The van der Waals surface area contributed by atoms with E-state index in [2.05, 4.69) is 47.4 Å². The molecule has 1 heterocycles. The van der Waals surface area contributed by atoms with Crippen molar-refractivity contribution >= 4 is 0 Å². The third kappa shape index (κ3) is 6.01. The summed E-state index contributed by atoms with van der Waals surface area (Å²) in [6, 6.07) is 15.1. The van der Waals surface area contributed by atoms with E-state index in [1.165, 1.54) is 62.5 Å². The monoisotopic (exact) mass is 267 g/mol. The summed E-state index contributed by atoms with van der Waals surface area (Å²) in [5.74, 6) is 0. The van der Waals surface area contributed by atoms with Crippen molar-refractivity contribution in [1.82, 2.24) is 4.98 Å². The number of nitrogens with zero attached hydrogens (tertiary/aromatic N) is 1. The highest BCUT2D eigenvalue weighted by molar-refractivity contribution is 5.14. The predicted octanol–water partition coefficient (Wildman–Crippen LogP) is 5.21. The summed E-state index contributed by atoms with van der Waals surface area (Å²) >= 11 is 0. The Morgan fingerprint density at radius 3 is 1.65 bits per heavy atom. The molecule has 0 aliphatic carbocycles. The van der Waals surface area contributed by atoms with E-state index < -0.39 is 0 Å². The first kappa shape index (κ1) is 14.8. The minimum Gasteiger partial charge on any atom is -0.265 e. The van der Waals surface area contributed by atoms with Gasteiger partial charge in [-0.3, -0.25) is 4.98 Å². The highest BCUT2D eigenvalue weighted by Gasteiger charge is 1.95. The van der Waals surface area contributed by atoms with Crippen molar-refractivity contribution in [3.8, 4) is 0 Å². The lowest BCUT2D eigenvalue weighted by molar-refractivity contribution is 0.594. The summed E-state index contributed by atoms with van der Waals surface area (Å²) in [7, 11) is 0. The fraction of sp³-hybridized carbons (Fsp3) is 0.421. The van der Waals surface area contributed by atoms with Gasteiger partial charge in [-0.05, 0) is 48.9 Å². The summed E-state index contributed by atoms with van der Waals surface area (Å²) in [6.07, 6.45) is 14.3. The Labute approximate surface area is 123 Å². The fourth-order valence-electron chi connectivity index (χ4n) is 2.56. The number of rotatable bonds is 9. The van der Waals surface area contributed by atoms with Crippen LogP contribution in [0.15, 0.2) is 54.9 Å². The van der Waals surface area contributed by atoms with E-state index in [9.17, 15) is 0 Å². The molecule has 1 aromatic heterocycles. The van der Waals surface area contributed by atoms with Crippen LogP contribution < -0.4 is 0 Å². The Morgan fingerprint density at radius 2 is 1.05 bits per heavy atom. The first-order valence-corrected chi connectivity index (χ1v) is 7.88. The maximum atomic E-state index is 4.05. The van der Waals surface area contributed by atoms with Crippen LogP contribution in [0.5, 0.6) is 0 Å². The minimum atomic E-state index is 1.20. The number of benzene rings is 1. The molecule has 0 spiro atoms. The van der Waals surface area contributed by atoms with Crippen LogP contribution in [-0.4, -0.2) is 4.98 Å². The van der Waals surface area contributed by atoms with Gasteiger partial charge in [0.2, 0.25) is 0 Å². The zero-order valence-electron chi connectivity index (χ0n) is 12.3. The summed E-state index contributed by atoms with van der Waals surface area (Å²) in [4.78, 5) is 4.05. The average Bonchev–Trinajstić information content (AvgIpc) is 2.52. The van der Waals surface area contributed by atoms with E-state index in [1.807, 2.05) is 12.4 Å². The van der Waals surface area contributed by atoms with Gasteiger partial charge in [-0.25, -0.2) is 0 Å². The molecule has 106 valence electrons.